The molecule has 8 heteroatoms. The summed E-state index contributed by atoms with van der Waals surface area (Å²) in [5, 5.41) is 2.89. The molecule has 4 amide bonds. The molecule has 82 valence electrons. The number of carbonyl (C=O) groups is 2. The molecule has 0 heterocycles. The summed E-state index contributed by atoms with van der Waals surface area (Å²) >= 11 is 0. The van der Waals surface area contributed by atoms with Crippen LogP contribution in [0, 0.1) is 0 Å². The van der Waals surface area contributed by atoms with Crippen molar-refractivity contribution in [1.29, 1.82) is 0 Å². The van der Waals surface area contributed by atoms with Crippen molar-refractivity contribution in [3.63, 3.8) is 0 Å². The SMILES string of the molecule is CN(C)NC(=O)NNC(=O)NN(C)C. The zero-order valence-corrected chi connectivity index (χ0v) is 8.71. The van der Waals surface area contributed by atoms with E-state index < -0.39 is 12.1 Å². The Morgan fingerprint density at radius 1 is 0.786 bits per heavy atom. The van der Waals surface area contributed by atoms with Crippen LogP contribution in [0.15, 0.2) is 0 Å². The first kappa shape index (κ1) is 12.5. The first-order valence-corrected chi connectivity index (χ1v) is 3.89. The average Bonchev–Trinajstić information content (AvgIpc) is 1.98. The van der Waals surface area contributed by atoms with E-state index >= 15 is 0 Å². The maximum absolute atomic E-state index is 10.9. The molecular formula is C6H16N6O2. The van der Waals surface area contributed by atoms with Gasteiger partial charge in [0.2, 0.25) is 0 Å². The Morgan fingerprint density at radius 2 is 1.07 bits per heavy atom. The molecule has 0 spiro atoms. The van der Waals surface area contributed by atoms with Gasteiger partial charge in [-0.1, -0.05) is 0 Å². The van der Waals surface area contributed by atoms with E-state index in [4.69, 9.17) is 0 Å². The average molecular weight is 204 g/mol. The van der Waals surface area contributed by atoms with Crippen LogP contribution in [0.25, 0.3) is 0 Å². The molecule has 8 nitrogen and oxygen atoms in total. The minimum Gasteiger partial charge on any atom is -0.270 e. The highest BCUT2D eigenvalue weighted by atomic mass is 16.2. The van der Waals surface area contributed by atoms with Gasteiger partial charge in [-0.15, -0.1) is 0 Å². The van der Waals surface area contributed by atoms with Gasteiger partial charge in [0.15, 0.2) is 0 Å². The number of hydrazine groups is 3. The summed E-state index contributed by atoms with van der Waals surface area (Å²) in [5.41, 5.74) is 9.03. The van der Waals surface area contributed by atoms with Crippen molar-refractivity contribution in [2.24, 2.45) is 0 Å². The van der Waals surface area contributed by atoms with Crippen LogP contribution in [0.1, 0.15) is 0 Å². The topological polar surface area (TPSA) is 88.7 Å². The van der Waals surface area contributed by atoms with Gasteiger partial charge in [-0.3, -0.25) is 10.9 Å². The van der Waals surface area contributed by atoms with Crippen LogP contribution in [-0.2, 0) is 0 Å². The van der Waals surface area contributed by atoms with Crippen molar-refractivity contribution in [1.82, 2.24) is 31.7 Å². The van der Waals surface area contributed by atoms with E-state index in [1.165, 1.54) is 10.0 Å². The fraction of sp³-hybridized carbons (Fsp3) is 0.667. The summed E-state index contributed by atoms with van der Waals surface area (Å²) in [7, 11) is 6.61. The lowest BCUT2D eigenvalue weighted by Gasteiger charge is -2.15. The van der Waals surface area contributed by atoms with E-state index in [9.17, 15) is 9.59 Å². The van der Waals surface area contributed by atoms with Crippen LogP contribution in [0.3, 0.4) is 0 Å². The number of amides is 4. The molecule has 0 bridgehead atoms. The summed E-state index contributed by atoms with van der Waals surface area (Å²) in [6, 6.07) is -1.05. The van der Waals surface area contributed by atoms with Gasteiger partial charge < -0.3 is 0 Å². The van der Waals surface area contributed by atoms with Gasteiger partial charge in [-0.25, -0.2) is 30.5 Å². The Hall–Kier alpha value is -1.54. The molecule has 0 aliphatic carbocycles. The molecule has 0 aliphatic heterocycles. The molecule has 0 aromatic rings. The normalized spacial score (nSPS) is 9.86. The Bertz CT molecular complexity index is 182. The fourth-order valence-corrected chi connectivity index (χ4v) is 0.576. The minimum atomic E-state index is -0.524. The van der Waals surface area contributed by atoms with Crippen LogP contribution < -0.4 is 21.7 Å². The third-order valence-electron chi connectivity index (χ3n) is 0.940. The minimum absolute atomic E-state index is 0.524. The molecule has 0 saturated heterocycles. The molecule has 0 radical (unpaired) electrons. The van der Waals surface area contributed by atoms with Gasteiger partial charge in [0.05, 0.1) is 0 Å². The number of hydrogen-bond acceptors (Lipinski definition) is 4. The maximum Gasteiger partial charge on any atom is 0.348 e. The number of carbonyl (C=O) groups excluding carboxylic acids is 2. The monoisotopic (exact) mass is 204 g/mol. The summed E-state index contributed by atoms with van der Waals surface area (Å²) < 4.78 is 0. The van der Waals surface area contributed by atoms with Gasteiger partial charge >= 0.3 is 12.1 Å². The van der Waals surface area contributed by atoms with E-state index in [0.717, 1.165) is 0 Å². The number of nitrogens with one attached hydrogen (secondary N) is 4. The van der Waals surface area contributed by atoms with E-state index in [1.54, 1.807) is 28.2 Å². The van der Waals surface area contributed by atoms with Gasteiger partial charge in [0.1, 0.15) is 0 Å². The third-order valence-corrected chi connectivity index (χ3v) is 0.940. The fourth-order valence-electron chi connectivity index (χ4n) is 0.576. The van der Waals surface area contributed by atoms with Gasteiger partial charge in [0, 0.05) is 28.2 Å². The molecule has 0 aromatic carbocycles. The largest absolute Gasteiger partial charge is 0.348 e. The van der Waals surface area contributed by atoms with Crippen LogP contribution in [-0.4, -0.2) is 50.3 Å². The predicted octanol–water partition coefficient (Wildman–Crippen LogP) is -1.55. The Morgan fingerprint density at radius 3 is 1.29 bits per heavy atom. The molecule has 0 rings (SSSR count). The van der Waals surface area contributed by atoms with Gasteiger partial charge in [-0.05, 0) is 0 Å². The molecule has 14 heavy (non-hydrogen) atoms. The van der Waals surface area contributed by atoms with Crippen molar-refractivity contribution in [3.8, 4) is 0 Å². The Labute approximate surface area is 82.5 Å². The van der Waals surface area contributed by atoms with E-state index in [1.807, 2.05) is 0 Å². The first-order valence-electron chi connectivity index (χ1n) is 3.89. The van der Waals surface area contributed by atoms with Crippen molar-refractivity contribution in [2.75, 3.05) is 28.2 Å². The number of hydrogen-bond donors (Lipinski definition) is 4. The third kappa shape index (κ3) is 7.13. The number of rotatable bonds is 2. The first-order chi connectivity index (χ1) is 6.41. The van der Waals surface area contributed by atoms with Crippen LogP contribution >= 0.6 is 0 Å². The highest BCUT2D eigenvalue weighted by Gasteiger charge is 2.03. The summed E-state index contributed by atoms with van der Waals surface area (Å²) in [4.78, 5) is 21.8. The second-order valence-corrected chi connectivity index (χ2v) is 2.92. The van der Waals surface area contributed by atoms with Gasteiger partial charge in [0.25, 0.3) is 0 Å². The summed E-state index contributed by atoms with van der Waals surface area (Å²) in [5.74, 6) is 0. The molecular weight excluding hydrogens is 188 g/mol. The molecule has 0 atom stereocenters. The van der Waals surface area contributed by atoms with Gasteiger partial charge in [-0.2, -0.15) is 0 Å². The molecule has 4 N–H and O–H groups in total. The zero-order valence-electron chi connectivity index (χ0n) is 8.71. The second-order valence-electron chi connectivity index (χ2n) is 2.92. The highest BCUT2D eigenvalue weighted by Crippen LogP contribution is 1.67. The lowest BCUT2D eigenvalue weighted by Crippen LogP contribution is -2.54. The van der Waals surface area contributed by atoms with Crippen molar-refractivity contribution in [2.45, 2.75) is 0 Å². The van der Waals surface area contributed by atoms with Crippen molar-refractivity contribution in [3.05, 3.63) is 0 Å². The quantitative estimate of drug-likeness (QED) is 0.410. The van der Waals surface area contributed by atoms with Crippen LogP contribution in [0.5, 0.6) is 0 Å². The zero-order chi connectivity index (χ0) is 11.1. The highest BCUT2D eigenvalue weighted by molar-refractivity contribution is 5.79. The Balaban J connectivity index is 3.61. The lowest BCUT2D eigenvalue weighted by atomic mass is 11.0. The van der Waals surface area contributed by atoms with E-state index in [0.29, 0.717) is 0 Å². The molecule has 0 saturated carbocycles. The summed E-state index contributed by atoms with van der Waals surface area (Å²) in [6.45, 7) is 0. The molecule has 0 unspecified atom stereocenters. The predicted molar refractivity (Wildman–Crippen MR) is 50.7 cm³/mol. The second kappa shape index (κ2) is 6.00. The molecule has 0 aromatic heterocycles. The van der Waals surface area contributed by atoms with Crippen LogP contribution in [0.2, 0.25) is 0 Å². The van der Waals surface area contributed by atoms with Crippen LogP contribution in [0.4, 0.5) is 9.59 Å². The Kier molecular flexibility index (Phi) is 5.34. The molecule has 0 aliphatic rings. The van der Waals surface area contributed by atoms with Crippen molar-refractivity contribution >= 4 is 12.1 Å². The summed E-state index contributed by atoms with van der Waals surface area (Å²) in [6.07, 6.45) is 0. The molecule has 0 fully saturated rings. The standard InChI is InChI=1S/C6H16N6O2/c1-11(2)9-5(13)7-8-6(14)10-12(3)4/h1-4H3,(H2,7,9,13)(H2,8,10,14). The van der Waals surface area contributed by atoms with E-state index in [-0.39, 0.29) is 0 Å². The lowest BCUT2D eigenvalue weighted by molar-refractivity contribution is 0.194. The number of urea groups is 2. The van der Waals surface area contributed by atoms with E-state index in [2.05, 4.69) is 21.7 Å². The smallest absolute Gasteiger partial charge is 0.270 e. The number of nitrogens with zero attached hydrogens (tertiary/aromatic N) is 2. The van der Waals surface area contributed by atoms with Crippen molar-refractivity contribution < 1.29 is 9.59 Å². The maximum atomic E-state index is 10.9.